The number of aryl methyl sites for hydroxylation is 1. The van der Waals surface area contributed by atoms with Gasteiger partial charge >= 0.3 is 0 Å². The van der Waals surface area contributed by atoms with E-state index < -0.39 is 0 Å². The first kappa shape index (κ1) is 17.8. The van der Waals surface area contributed by atoms with E-state index in [2.05, 4.69) is 10.5 Å². The summed E-state index contributed by atoms with van der Waals surface area (Å²) in [4.78, 5) is 12.0. The number of rotatable bonds is 5. The molecule has 0 aliphatic carbocycles. The first-order valence-corrected chi connectivity index (χ1v) is 8.35. The number of hydrazone groups is 1. The largest absolute Gasteiger partial charge is 0.507 e. The van der Waals surface area contributed by atoms with Crippen LogP contribution in [0.1, 0.15) is 32.8 Å². The molecule has 0 unspecified atom stereocenters. The zero-order valence-corrected chi connectivity index (χ0v) is 14.8. The molecule has 0 aliphatic rings. The van der Waals surface area contributed by atoms with Gasteiger partial charge in [0.15, 0.2) is 0 Å². The SMILES string of the molecule is Cc1occc1C(=O)NN=Cc1cc(Cc2ccccc2Cl)ccc1O. The lowest BCUT2D eigenvalue weighted by atomic mass is 10.0. The number of phenols is 1. The molecular weight excluding hydrogens is 352 g/mol. The Morgan fingerprint density at radius 1 is 1.27 bits per heavy atom. The number of amides is 1. The molecule has 132 valence electrons. The number of aromatic hydroxyl groups is 1. The predicted molar refractivity (Wildman–Crippen MR) is 101 cm³/mol. The third-order valence-corrected chi connectivity index (χ3v) is 4.29. The van der Waals surface area contributed by atoms with Crippen molar-refractivity contribution in [3.8, 4) is 5.75 Å². The fourth-order valence-corrected chi connectivity index (χ4v) is 2.72. The summed E-state index contributed by atoms with van der Waals surface area (Å²) < 4.78 is 5.09. The molecule has 3 aromatic rings. The normalized spacial score (nSPS) is 11.0. The van der Waals surface area contributed by atoms with Crippen LogP contribution in [0, 0.1) is 6.92 Å². The van der Waals surface area contributed by atoms with E-state index in [1.807, 2.05) is 30.3 Å². The summed E-state index contributed by atoms with van der Waals surface area (Å²) in [6, 6.07) is 14.4. The van der Waals surface area contributed by atoms with Gasteiger partial charge in [-0.25, -0.2) is 5.43 Å². The molecule has 0 saturated carbocycles. The molecule has 1 heterocycles. The molecule has 0 atom stereocenters. The molecule has 1 amide bonds. The van der Waals surface area contributed by atoms with Gasteiger partial charge in [0, 0.05) is 10.6 Å². The zero-order valence-electron chi connectivity index (χ0n) is 14.1. The van der Waals surface area contributed by atoms with E-state index in [4.69, 9.17) is 16.0 Å². The highest BCUT2D eigenvalue weighted by Crippen LogP contribution is 2.22. The van der Waals surface area contributed by atoms with Gasteiger partial charge in [-0.2, -0.15) is 5.10 Å². The highest BCUT2D eigenvalue weighted by Gasteiger charge is 2.10. The Labute approximate surface area is 155 Å². The van der Waals surface area contributed by atoms with Crippen molar-refractivity contribution in [3.63, 3.8) is 0 Å². The second-order valence-electron chi connectivity index (χ2n) is 5.75. The zero-order chi connectivity index (χ0) is 18.5. The minimum absolute atomic E-state index is 0.0744. The van der Waals surface area contributed by atoms with Crippen LogP contribution in [0.2, 0.25) is 5.02 Å². The minimum atomic E-state index is -0.376. The molecule has 0 bridgehead atoms. The van der Waals surface area contributed by atoms with E-state index >= 15 is 0 Å². The molecule has 3 rings (SSSR count). The smallest absolute Gasteiger partial charge is 0.274 e. The first-order chi connectivity index (χ1) is 12.5. The van der Waals surface area contributed by atoms with Crippen molar-refractivity contribution < 1.29 is 14.3 Å². The lowest BCUT2D eigenvalue weighted by Crippen LogP contribution is -2.17. The second kappa shape index (κ2) is 7.89. The number of carbonyl (C=O) groups excluding carboxylic acids is 1. The molecule has 2 aromatic carbocycles. The first-order valence-electron chi connectivity index (χ1n) is 7.97. The van der Waals surface area contributed by atoms with Crippen molar-refractivity contribution in [1.29, 1.82) is 0 Å². The van der Waals surface area contributed by atoms with E-state index in [1.165, 1.54) is 12.5 Å². The number of nitrogens with zero attached hydrogens (tertiary/aromatic N) is 1. The number of halogens is 1. The van der Waals surface area contributed by atoms with Crippen molar-refractivity contribution in [1.82, 2.24) is 5.43 Å². The quantitative estimate of drug-likeness (QED) is 0.520. The van der Waals surface area contributed by atoms with Crippen LogP contribution in [-0.2, 0) is 6.42 Å². The fraction of sp³-hybridized carbons (Fsp3) is 0.100. The molecule has 0 fully saturated rings. The third kappa shape index (κ3) is 4.13. The van der Waals surface area contributed by atoms with Crippen molar-refractivity contribution in [2.75, 3.05) is 0 Å². The molecule has 0 aliphatic heterocycles. The van der Waals surface area contributed by atoms with E-state index in [9.17, 15) is 9.90 Å². The summed E-state index contributed by atoms with van der Waals surface area (Å²) in [6.07, 6.45) is 3.47. The van der Waals surface area contributed by atoms with Gasteiger partial charge in [0.1, 0.15) is 11.5 Å². The Hall–Kier alpha value is -3.05. The minimum Gasteiger partial charge on any atom is -0.507 e. The fourth-order valence-electron chi connectivity index (χ4n) is 2.52. The maximum atomic E-state index is 12.0. The van der Waals surface area contributed by atoms with Gasteiger partial charge in [-0.15, -0.1) is 0 Å². The number of benzene rings is 2. The van der Waals surface area contributed by atoms with Crippen LogP contribution in [0.5, 0.6) is 5.75 Å². The van der Waals surface area contributed by atoms with E-state index in [0.29, 0.717) is 28.3 Å². The number of hydrogen-bond acceptors (Lipinski definition) is 4. The monoisotopic (exact) mass is 368 g/mol. The van der Waals surface area contributed by atoms with Crippen molar-refractivity contribution in [2.24, 2.45) is 5.10 Å². The molecule has 0 saturated heterocycles. The Morgan fingerprint density at radius 3 is 2.81 bits per heavy atom. The summed E-state index contributed by atoms with van der Waals surface area (Å²) >= 11 is 6.19. The number of carbonyl (C=O) groups is 1. The Morgan fingerprint density at radius 2 is 2.08 bits per heavy atom. The van der Waals surface area contributed by atoms with E-state index in [1.54, 1.807) is 25.1 Å². The van der Waals surface area contributed by atoms with Crippen LogP contribution in [-0.4, -0.2) is 17.2 Å². The predicted octanol–water partition coefficient (Wildman–Crippen LogP) is 4.30. The molecule has 5 nitrogen and oxygen atoms in total. The molecule has 2 N–H and O–H groups in total. The van der Waals surface area contributed by atoms with Crippen LogP contribution >= 0.6 is 11.6 Å². The summed E-state index contributed by atoms with van der Waals surface area (Å²) in [5.74, 6) is 0.215. The highest BCUT2D eigenvalue weighted by molar-refractivity contribution is 6.31. The third-order valence-electron chi connectivity index (χ3n) is 3.92. The second-order valence-corrected chi connectivity index (χ2v) is 6.16. The van der Waals surface area contributed by atoms with Gasteiger partial charge in [0.2, 0.25) is 0 Å². The molecule has 0 radical (unpaired) electrons. The molecule has 6 heteroatoms. The van der Waals surface area contributed by atoms with Crippen molar-refractivity contribution in [3.05, 3.63) is 87.8 Å². The molecular formula is C20H17ClN2O3. The molecule has 26 heavy (non-hydrogen) atoms. The average Bonchev–Trinajstić information content (AvgIpc) is 3.05. The number of nitrogens with one attached hydrogen (secondary N) is 1. The van der Waals surface area contributed by atoms with Gasteiger partial charge in [0.25, 0.3) is 5.91 Å². The Kier molecular flexibility index (Phi) is 5.39. The summed E-state index contributed by atoms with van der Waals surface area (Å²) in [7, 11) is 0. The van der Waals surface area contributed by atoms with Gasteiger partial charge in [-0.3, -0.25) is 4.79 Å². The maximum absolute atomic E-state index is 12.0. The molecule has 1 aromatic heterocycles. The summed E-state index contributed by atoms with van der Waals surface area (Å²) in [5, 5.41) is 14.6. The van der Waals surface area contributed by atoms with Gasteiger partial charge in [0.05, 0.1) is 18.0 Å². The summed E-state index contributed by atoms with van der Waals surface area (Å²) in [5.41, 5.74) is 5.29. The number of furan rings is 1. The van der Waals surface area contributed by atoms with Gasteiger partial charge in [-0.05, 0) is 48.7 Å². The lowest BCUT2D eigenvalue weighted by molar-refractivity contribution is 0.0953. The topological polar surface area (TPSA) is 74.8 Å². The van der Waals surface area contributed by atoms with Gasteiger partial charge in [-0.1, -0.05) is 35.9 Å². The summed E-state index contributed by atoms with van der Waals surface area (Å²) in [6.45, 7) is 1.70. The Bertz CT molecular complexity index is 963. The standard InChI is InChI=1S/C20H17ClN2O3/c1-13-17(8-9-26-13)20(25)23-22-12-16-11-14(6-7-19(16)24)10-15-4-2-3-5-18(15)21/h2-9,11-12,24H,10H2,1H3,(H,23,25). The van der Waals surface area contributed by atoms with Crippen LogP contribution in [0.3, 0.4) is 0 Å². The van der Waals surface area contributed by atoms with Crippen LogP contribution in [0.15, 0.2) is 64.3 Å². The van der Waals surface area contributed by atoms with Gasteiger partial charge < -0.3 is 9.52 Å². The number of phenolic OH excluding ortho intramolecular Hbond substituents is 1. The maximum Gasteiger partial charge on any atom is 0.274 e. The Balaban J connectivity index is 1.72. The number of hydrogen-bond donors (Lipinski definition) is 2. The van der Waals surface area contributed by atoms with Crippen molar-refractivity contribution in [2.45, 2.75) is 13.3 Å². The van der Waals surface area contributed by atoms with Crippen LogP contribution in [0.25, 0.3) is 0 Å². The average molecular weight is 369 g/mol. The highest BCUT2D eigenvalue weighted by atomic mass is 35.5. The van der Waals surface area contributed by atoms with Crippen LogP contribution < -0.4 is 5.43 Å². The lowest BCUT2D eigenvalue weighted by Gasteiger charge is -2.06. The van der Waals surface area contributed by atoms with E-state index in [-0.39, 0.29) is 11.7 Å². The molecule has 0 spiro atoms. The van der Waals surface area contributed by atoms with E-state index in [0.717, 1.165) is 11.1 Å². The van der Waals surface area contributed by atoms with Crippen molar-refractivity contribution >= 4 is 23.7 Å². The van der Waals surface area contributed by atoms with Crippen LogP contribution in [0.4, 0.5) is 0 Å².